The predicted octanol–water partition coefficient (Wildman–Crippen LogP) is 4.91. The van der Waals surface area contributed by atoms with Crippen molar-refractivity contribution >= 4 is 15.9 Å². The van der Waals surface area contributed by atoms with Crippen LogP contribution >= 0.6 is 15.9 Å². The maximum atomic E-state index is 6.17. The van der Waals surface area contributed by atoms with Crippen molar-refractivity contribution in [1.82, 2.24) is 5.32 Å². The van der Waals surface area contributed by atoms with Gasteiger partial charge in [0.15, 0.2) is 0 Å². The van der Waals surface area contributed by atoms with Gasteiger partial charge in [-0.2, -0.15) is 0 Å². The first-order chi connectivity index (χ1) is 9.72. The Labute approximate surface area is 131 Å². The van der Waals surface area contributed by atoms with E-state index < -0.39 is 0 Å². The maximum Gasteiger partial charge on any atom is 0.133 e. The van der Waals surface area contributed by atoms with E-state index in [2.05, 4.69) is 53.3 Å². The van der Waals surface area contributed by atoms with Crippen molar-refractivity contribution in [3.05, 3.63) is 28.2 Å². The molecule has 2 rings (SSSR count). The van der Waals surface area contributed by atoms with Crippen LogP contribution in [0.5, 0.6) is 5.75 Å². The van der Waals surface area contributed by atoms with Crippen LogP contribution in [0.1, 0.15) is 51.5 Å². The van der Waals surface area contributed by atoms with Gasteiger partial charge in [-0.15, -0.1) is 0 Å². The zero-order chi connectivity index (χ0) is 14.4. The van der Waals surface area contributed by atoms with Crippen molar-refractivity contribution in [3.63, 3.8) is 0 Å². The summed E-state index contributed by atoms with van der Waals surface area (Å²) in [4.78, 5) is 0. The highest BCUT2D eigenvalue weighted by atomic mass is 79.9. The zero-order valence-corrected chi connectivity index (χ0v) is 14.2. The highest BCUT2D eigenvalue weighted by Gasteiger charge is 2.21. The topological polar surface area (TPSA) is 21.3 Å². The van der Waals surface area contributed by atoms with Crippen LogP contribution in [-0.2, 0) is 6.54 Å². The van der Waals surface area contributed by atoms with Crippen molar-refractivity contribution in [2.24, 2.45) is 5.92 Å². The molecule has 3 heteroatoms. The highest BCUT2D eigenvalue weighted by Crippen LogP contribution is 2.32. The van der Waals surface area contributed by atoms with Crippen LogP contribution in [0.2, 0.25) is 0 Å². The van der Waals surface area contributed by atoms with Crippen molar-refractivity contribution in [1.29, 1.82) is 0 Å². The van der Waals surface area contributed by atoms with E-state index in [9.17, 15) is 0 Å². The Balaban J connectivity index is 1.90. The summed E-state index contributed by atoms with van der Waals surface area (Å²) in [5, 5.41) is 3.34. The molecular weight excluding hydrogens is 314 g/mol. The van der Waals surface area contributed by atoms with Gasteiger partial charge in [0.05, 0.1) is 10.6 Å². The molecule has 20 heavy (non-hydrogen) atoms. The van der Waals surface area contributed by atoms with E-state index in [0.717, 1.165) is 29.2 Å². The lowest BCUT2D eigenvalue weighted by Gasteiger charge is -2.28. The summed E-state index contributed by atoms with van der Waals surface area (Å²) in [6.45, 7) is 6.33. The van der Waals surface area contributed by atoms with Gasteiger partial charge >= 0.3 is 0 Å². The molecule has 2 nitrogen and oxygen atoms in total. The summed E-state index contributed by atoms with van der Waals surface area (Å²) in [5.74, 6) is 1.91. The summed E-state index contributed by atoms with van der Waals surface area (Å²) in [6, 6.07) is 6.42. The number of benzene rings is 1. The quantitative estimate of drug-likeness (QED) is 0.795. The number of halogens is 1. The van der Waals surface area contributed by atoms with E-state index in [1.165, 1.54) is 37.7 Å². The Morgan fingerprint density at radius 2 is 1.95 bits per heavy atom. The van der Waals surface area contributed by atoms with Crippen LogP contribution in [0.15, 0.2) is 22.7 Å². The minimum atomic E-state index is 0.397. The minimum Gasteiger partial charge on any atom is -0.489 e. The van der Waals surface area contributed by atoms with Gasteiger partial charge in [-0.1, -0.05) is 26.3 Å². The lowest BCUT2D eigenvalue weighted by Crippen LogP contribution is -2.24. The average molecular weight is 340 g/mol. The molecule has 1 aliphatic carbocycles. The molecular formula is C17H26BrNO. The third-order valence-corrected chi connectivity index (χ3v) is 4.86. The van der Waals surface area contributed by atoms with Crippen LogP contribution in [0.3, 0.4) is 0 Å². The molecule has 0 unspecified atom stereocenters. The van der Waals surface area contributed by atoms with Crippen LogP contribution in [-0.4, -0.2) is 12.6 Å². The summed E-state index contributed by atoms with van der Waals surface area (Å²) in [7, 11) is 0. The zero-order valence-electron chi connectivity index (χ0n) is 12.6. The van der Waals surface area contributed by atoms with Crippen LogP contribution in [0.4, 0.5) is 0 Å². The summed E-state index contributed by atoms with van der Waals surface area (Å²) >= 11 is 3.64. The number of nitrogens with one attached hydrogen (secondary N) is 1. The number of ether oxygens (including phenoxy) is 1. The number of rotatable bonds is 6. The normalized spacial score (nSPS) is 22.8. The van der Waals surface area contributed by atoms with E-state index in [4.69, 9.17) is 4.74 Å². The molecule has 1 N–H and O–H groups in total. The second-order valence-electron chi connectivity index (χ2n) is 5.71. The van der Waals surface area contributed by atoms with Gasteiger partial charge < -0.3 is 10.1 Å². The molecule has 0 saturated heterocycles. The number of hydrogen-bond acceptors (Lipinski definition) is 2. The fraction of sp³-hybridized carbons (Fsp3) is 0.647. The van der Waals surface area contributed by atoms with E-state index in [1.807, 2.05) is 0 Å². The Hall–Kier alpha value is -0.540. The van der Waals surface area contributed by atoms with Crippen LogP contribution < -0.4 is 10.1 Å². The Bertz CT molecular complexity index is 413. The first-order valence-electron chi connectivity index (χ1n) is 7.88. The third kappa shape index (κ3) is 4.49. The molecule has 0 aliphatic heterocycles. The molecule has 0 heterocycles. The summed E-state index contributed by atoms with van der Waals surface area (Å²) in [5.41, 5.74) is 1.29. The SMILES string of the molecule is CCNCc1ccc(OC2CCC(CC)CC2)c(Br)c1. The molecule has 1 aliphatic rings. The van der Waals surface area contributed by atoms with Crippen molar-refractivity contribution < 1.29 is 4.74 Å². The molecule has 1 saturated carbocycles. The van der Waals surface area contributed by atoms with Crippen molar-refractivity contribution in [2.45, 2.75) is 58.6 Å². The van der Waals surface area contributed by atoms with Gasteiger partial charge in [0, 0.05) is 6.54 Å². The smallest absolute Gasteiger partial charge is 0.133 e. The standard InChI is InChI=1S/C17H26BrNO/c1-3-13-5-8-15(9-6-13)20-17-10-7-14(11-16(17)18)12-19-4-2/h7,10-11,13,15,19H,3-6,8-9,12H2,1-2H3. The fourth-order valence-electron chi connectivity index (χ4n) is 2.86. The molecule has 112 valence electrons. The molecule has 0 amide bonds. The molecule has 0 aromatic heterocycles. The largest absolute Gasteiger partial charge is 0.489 e. The Kier molecular flexibility index (Phi) is 6.37. The lowest BCUT2D eigenvalue weighted by atomic mass is 9.86. The van der Waals surface area contributed by atoms with E-state index in [1.54, 1.807) is 0 Å². The van der Waals surface area contributed by atoms with E-state index in [0.29, 0.717) is 6.10 Å². The second-order valence-corrected chi connectivity index (χ2v) is 6.57. The lowest BCUT2D eigenvalue weighted by molar-refractivity contribution is 0.129. The maximum absolute atomic E-state index is 6.17. The molecule has 0 radical (unpaired) electrons. The molecule has 0 atom stereocenters. The first-order valence-corrected chi connectivity index (χ1v) is 8.68. The van der Waals surface area contributed by atoms with Crippen LogP contribution in [0, 0.1) is 5.92 Å². The van der Waals surface area contributed by atoms with E-state index >= 15 is 0 Å². The van der Waals surface area contributed by atoms with Gasteiger partial charge in [0.2, 0.25) is 0 Å². The third-order valence-electron chi connectivity index (χ3n) is 4.24. The molecule has 0 bridgehead atoms. The van der Waals surface area contributed by atoms with Gasteiger partial charge in [-0.05, 0) is 71.8 Å². The van der Waals surface area contributed by atoms with Gasteiger partial charge in [-0.3, -0.25) is 0 Å². The average Bonchev–Trinajstić information content (AvgIpc) is 2.48. The van der Waals surface area contributed by atoms with Gasteiger partial charge in [0.1, 0.15) is 5.75 Å². The second kappa shape index (κ2) is 8.04. The molecule has 1 aromatic carbocycles. The van der Waals surface area contributed by atoms with Crippen molar-refractivity contribution in [2.75, 3.05) is 6.54 Å². The van der Waals surface area contributed by atoms with Crippen molar-refractivity contribution in [3.8, 4) is 5.75 Å². The Morgan fingerprint density at radius 3 is 2.55 bits per heavy atom. The number of hydrogen-bond donors (Lipinski definition) is 1. The fourth-order valence-corrected chi connectivity index (χ4v) is 3.38. The minimum absolute atomic E-state index is 0.397. The molecule has 1 fully saturated rings. The van der Waals surface area contributed by atoms with Gasteiger partial charge in [0.25, 0.3) is 0 Å². The first kappa shape index (κ1) is 15.8. The highest BCUT2D eigenvalue weighted by molar-refractivity contribution is 9.10. The summed E-state index contributed by atoms with van der Waals surface area (Å²) in [6.07, 6.45) is 6.74. The summed E-state index contributed by atoms with van der Waals surface area (Å²) < 4.78 is 7.25. The van der Waals surface area contributed by atoms with E-state index in [-0.39, 0.29) is 0 Å². The van der Waals surface area contributed by atoms with Crippen LogP contribution in [0.25, 0.3) is 0 Å². The Morgan fingerprint density at radius 1 is 1.20 bits per heavy atom. The monoisotopic (exact) mass is 339 g/mol. The van der Waals surface area contributed by atoms with Gasteiger partial charge in [-0.25, -0.2) is 0 Å². The molecule has 0 spiro atoms. The molecule has 1 aromatic rings. The predicted molar refractivity (Wildman–Crippen MR) is 88.2 cm³/mol.